The van der Waals surface area contributed by atoms with Crippen LogP contribution in [0.15, 0.2) is 30.3 Å². The summed E-state index contributed by atoms with van der Waals surface area (Å²) in [5, 5.41) is 3.17. The minimum absolute atomic E-state index is 0.0743. The molecule has 1 saturated heterocycles. The summed E-state index contributed by atoms with van der Waals surface area (Å²) >= 11 is 0. The lowest BCUT2D eigenvalue weighted by atomic mass is 9.93. The Bertz CT molecular complexity index is 496. The third-order valence-electron chi connectivity index (χ3n) is 5.03. The van der Waals surface area contributed by atoms with E-state index < -0.39 is 0 Å². The molecule has 1 heterocycles. The number of benzene rings is 1. The maximum atomic E-state index is 12.5. The van der Waals surface area contributed by atoms with Crippen LogP contribution in [-0.4, -0.2) is 31.8 Å². The predicted molar refractivity (Wildman–Crippen MR) is 84.8 cm³/mol. The number of hydrogen-bond acceptors (Lipinski definition) is 3. The van der Waals surface area contributed by atoms with Gasteiger partial charge in [0.05, 0.1) is 6.04 Å². The molecule has 0 aromatic heterocycles. The number of nitrogens with one attached hydrogen (secondary N) is 1. The van der Waals surface area contributed by atoms with Crippen molar-refractivity contribution in [2.75, 3.05) is 19.8 Å². The summed E-state index contributed by atoms with van der Waals surface area (Å²) in [5.74, 6) is 1.23. The Labute approximate surface area is 132 Å². The van der Waals surface area contributed by atoms with Crippen LogP contribution in [0, 0.1) is 11.3 Å². The van der Waals surface area contributed by atoms with Gasteiger partial charge in [0, 0.05) is 19.1 Å². The highest BCUT2D eigenvalue weighted by molar-refractivity contribution is 5.82. The van der Waals surface area contributed by atoms with Crippen molar-refractivity contribution in [1.29, 1.82) is 0 Å². The van der Waals surface area contributed by atoms with E-state index in [1.807, 2.05) is 30.3 Å². The standard InChI is InChI=1S/C18H25NO3/c1-2-14(13-22-15-6-4-3-5-7-15)19-17(20)16-12-18(16)8-10-21-11-9-18/h3-7,14,16H,2,8-13H2,1H3,(H,19,20)/t14-,16+/m0/s1. The van der Waals surface area contributed by atoms with E-state index in [1.165, 1.54) is 0 Å². The summed E-state index contributed by atoms with van der Waals surface area (Å²) in [4.78, 5) is 12.5. The Morgan fingerprint density at radius 2 is 2.09 bits per heavy atom. The maximum Gasteiger partial charge on any atom is 0.224 e. The van der Waals surface area contributed by atoms with E-state index in [4.69, 9.17) is 9.47 Å². The van der Waals surface area contributed by atoms with Crippen molar-refractivity contribution < 1.29 is 14.3 Å². The molecule has 1 aromatic carbocycles. The fraction of sp³-hybridized carbons (Fsp3) is 0.611. The molecule has 1 saturated carbocycles. The molecule has 3 rings (SSSR count). The molecule has 0 unspecified atom stereocenters. The highest BCUT2D eigenvalue weighted by Crippen LogP contribution is 2.59. The van der Waals surface area contributed by atoms with Gasteiger partial charge in [-0.25, -0.2) is 0 Å². The third-order valence-corrected chi connectivity index (χ3v) is 5.03. The molecule has 1 aliphatic heterocycles. The third kappa shape index (κ3) is 3.43. The molecule has 2 aliphatic rings. The summed E-state index contributed by atoms with van der Waals surface area (Å²) in [6, 6.07) is 9.82. The number of para-hydroxylation sites is 1. The van der Waals surface area contributed by atoms with Crippen LogP contribution in [0.1, 0.15) is 32.6 Å². The van der Waals surface area contributed by atoms with Crippen molar-refractivity contribution in [1.82, 2.24) is 5.32 Å². The topological polar surface area (TPSA) is 47.6 Å². The van der Waals surface area contributed by atoms with E-state index in [2.05, 4.69) is 12.2 Å². The highest BCUT2D eigenvalue weighted by atomic mass is 16.5. The fourth-order valence-electron chi connectivity index (χ4n) is 3.33. The summed E-state index contributed by atoms with van der Waals surface area (Å²) in [6.07, 6.45) is 3.96. The molecule has 2 atom stereocenters. The summed E-state index contributed by atoms with van der Waals surface area (Å²) < 4.78 is 11.2. The Hall–Kier alpha value is -1.55. The Morgan fingerprint density at radius 1 is 1.36 bits per heavy atom. The number of carbonyl (C=O) groups excluding carboxylic acids is 1. The van der Waals surface area contributed by atoms with Gasteiger partial charge in [0.15, 0.2) is 0 Å². The van der Waals surface area contributed by atoms with Crippen LogP contribution in [0.5, 0.6) is 5.75 Å². The largest absolute Gasteiger partial charge is 0.491 e. The SMILES string of the molecule is CC[C@@H](COc1ccccc1)NC(=O)[C@H]1CC12CCOCC2. The van der Waals surface area contributed by atoms with E-state index in [-0.39, 0.29) is 23.3 Å². The number of amides is 1. The predicted octanol–water partition coefficient (Wildman–Crippen LogP) is 2.78. The molecule has 0 radical (unpaired) electrons. The molecule has 1 aliphatic carbocycles. The number of hydrogen-bond donors (Lipinski definition) is 1. The summed E-state index contributed by atoms with van der Waals surface area (Å²) in [6.45, 7) is 4.21. The van der Waals surface area contributed by atoms with Crippen LogP contribution in [0.2, 0.25) is 0 Å². The lowest BCUT2D eigenvalue weighted by Gasteiger charge is -2.23. The van der Waals surface area contributed by atoms with Crippen molar-refractivity contribution in [2.45, 2.75) is 38.6 Å². The summed E-state index contributed by atoms with van der Waals surface area (Å²) in [5.41, 5.74) is 0.237. The van der Waals surface area contributed by atoms with Crippen molar-refractivity contribution in [3.63, 3.8) is 0 Å². The monoisotopic (exact) mass is 303 g/mol. The van der Waals surface area contributed by atoms with Gasteiger partial charge in [-0.1, -0.05) is 25.1 Å². The molecule has 4 heteroatoms. The zero-order valence-electron chi connectivity index (χ0n) is 13.2. The number of rotatable bonds is 6. The van der Waals surface area contributed by atoms with Crippen molar-refractivity contribution in [2.24, 2.45) is 11.3 Å². The van der Waals surface area contributed by atoms with Gasteiger partial charge in [0.25, 0.3) is 0 Å². The first-order valence-electron chi connectivity index (χ1n) is 8.29. The molecular formula is C18H25NO3. The molecule has 1 amide bonds. The van der Waals surface area contributed by atoms with Crippen molar-refractivity contribution in [3.05, 3.63) is 30.3 Å². The van der Waals surface area contributed by atoms with E-state index in [0.29, 0.717) is 6.61 Å². The molecule has 2 fully saturated rings. The average molecular weight is 303 g/mol. The van der Waals surface area contributed by atoms with Gasteiger partial charge in [-0.2, -0.15) is 0 Å². The first-order chi connectivity index (χ1) is 10.7. The molecule has 4 nitrogen and oxygen atoms in total. The van der Waals surface area contributed by atoms with Crippen LogP contribution in [-0.2, 0) is 9.53 Å². The van der Waals surface area contributed by atoms with Crippen LogP contribution < -0.4 is 10.1 Å². The second-order valence-electron chi connectivity index (χ2n) is 6.47. The van der Waals surface area contributed by atoms with Gasteiger partial charge >= 0.3 is 0 Å². The minimum atomic E-state index is 0.0743. The van der Waals surface area contributed by atoms with Gasteiger partial charge in [-0.15, -0.1) is 0 Å². The normalized spacial score (nSPS) is 23.8. The van der Waals surface area contributed by atoms with Crippen molar-refractivity contribution in [3.8, 4) is 5.75 Å². The first-order valence-corrected chi connectivity index (χ1v) is 8.29. The fourth-order valence-corrected chi connectivity index (χ4v) is 3.33. The Morgan fingerprint density at radius 3 is 2.77 bits per heavy atom. The lowest BCUT2D eigenvalue weighted by Crippen LogP contribution is -2.40. The van der Waals surface area contributed by atoms with E-state index in [0.717, 1.165) is 44.6 Å². The molecule has 1 spiro atoms. The minimum Gasteiger partial charge on any atom is -0.491 e. The van der Waals surface area contributed by atoms with E-state index >= 15 is 0 Å². The van der Waals surface area contributed by atoms with Gasteiger partial charge < -0.3 is 14.8 Å². The zero-order valence-corrected chi connectivity index (χ0v) is 13.2. The second kappa shape index (κ2) is 6.69. The zero-order chi connectivity index (χ0) is 15.4. The van der Waals surface area contributed by atoms with Crippen LogP contribution in [0.4, 0.5) is 0 Å². The smallest absolute Gasteiger partial charge is 0.224 e. The van der Waals surface area contributed by atoms with Gasteiger partial charge in [0.1, 0.15) is 12.4 Å². The molecule has 22 heavy (non-hydrogen) atoms. The maximum absolute atomic E-state index is 12.5. The quantitative estimate of drug-likeness (QED) is 0.879. The molecule has 120 valence electrons. The molecular weight excluding hydrogens is 278 g/mol. The number of ether oxygens (including phenoxy) is 2. The van der Waals surface area contributed by atoms with Gasteiger partial charge in [0.2, 0.25) is 5.91 Å². The first kappa shape index (κ1) is 15.3. The molecule has 1 N–H and O–H groups in total. The molecule has 0 bridgehead atoms. The second-order valence-corrected chi connectivity index (χ2v) is 6.47. The van der Waals surface area contributed by atoms with Crippen LogP contribution in [0.25, 0.3) is 0 Å². The Balaban J connectivity index is 1.47. The highest BCUT2D eigenvalue weighted by Gasteiger charge is 2.58. The van der Waals surface area contributed by atoms with E-state index in [1.54, 1.807) is 0 Å². The van der Waals surface area contributed by atoms with Crippen molar-refractivity contribution >= 4 is 5.91 Å². The van der Waals surface area contributed by atoms with Crippen LogP contribution >= 0.6 is 0 Å². The lowest BCUT2D eigenvalue weighted by molar-refractivity contribution is -0.124. The summed E-state index contributed by atoms with van der Waals surface area (Å²) in [7, 11) is 0. The molecule has 1 aromatic rings. The van der Waals surface area contributed by atoms with Gasteiger partial charge in [-0.3, -0.25) is 4.79 Å². The number of carbonyl (C=O) groups is 1. The van der Waals surface area contributed by atoms with Crippen LogP contribution in [0.3, 0.4) is 0 Å². The van der Waals surface area contributed by atoms with E-state index in [9.17, 15) is 4.79 Å². The van der Waals surface area contributed by atoms with Gasteiger partial charge in [-0.05, 0) is 43.2 Å². The average Bonchev–Trinajstić information content (AvgIpc) is 3.26. The Kier molecular flexibility index (Phi) is 4.67.